The van der Waals surface area contributed by atoms with Crippen molar-refractivity contribution in [1.82, 2.24) is 4.90 Å². The van der Waals surface area contributed by atoms with Crippen LogP contribution < -0.4 is 4.74 Å². The van der Waals surface area contributed by atoms with Gasteiger partial charge in [0.15, 0.2) is 0 Å². The van der Waals surface area contributed by atoms with E-state index < -0.39 is 12.2 Å². The van der Waals surface area contributed by atoms with Gasteiger partial charge in [-0.3, -0.25) is 4.79 Å². The first kappa shape index (κ1) is 16.1. The third-order valence-electron chi connectivity index (χ3n) is 4.20. The Labute approximate surface area is 140 Å². The number of imide groups is 1. The molecule has 2 atom stereocenters. The minimum absolute atomic E-state index is 0.0883. The number of ether oxygens (including phenoxy) is 2. The molecule has 2 aromatic carbocycles. The fourth-order valence-electron chi connectivity index (χ4n) is 2.98. The van der Waals surface area contributed by atoms with Crippen LogP contribution in [0.5, 0.6) is 5.75 Å². The minimum atomic E-state index is -0.601. The number of amides is 2. The van der Waals surface area contributed by atoms with E-state index in [1.165, 1.54) is 4.90 Å². The van der Waals surface area contributed by atoms with E-state index in [4.69, 9.17) is 9.47 Å². The van der Waals surface area contributed by atoms with Crippen molar-refractivity contribution in [3.05, 3.63) is 65.7 Å². The lowest BCUT2D eigenvalue weighted by atomic mass is 10.0. The number of carbonyl (C=O) groups excluding carboxylic acids is 2. The number of methoxy groups -OCH3 is 1. The fraction of sp³-hybridized carbons (Fsp3) is 0.263. The molecule has 2 aromatic rings. The van der Waals surface area contributed by atoms with Gasteiger partial charge >= 0.3 is 6.09 Å². The Kier molecular flexibility index (Phi) is 4.51. The van der Waals surface area contributed by atoms with Crippen molar-refractivity contribution in [2.24, 2.45) is 0 Å². The zero-order valence-electron chi connectivity index (χ0n) is 13.6. The average Bonchev–Trinajstić information content (AvgIpc) is 2.90. The molecule has 1 fully saturated rings. The van der Waals surface area contributed by atoms with E-state index in [0.29, 0.717) is 5.75 Å². The third-order valence-corrected chi connectivity index (χ3v) is 4.20. The monoisotopic (exact) mass is 325 g/mol. The maximum Gasteiger partial charge on any atom is 0.417 e. The van der Waals surface area contributed by atoms with Crippen molar-refractivity contribution in [2.45, 2.75) is 25.5 Å². The number of hydrogen-bond donors (Lipinski definition) is 0. The number of hydrogen-bond acceptors (Lipinski definition) is 4. The number of nitrogens with zero attached hydrogens (tertiary/aromatic N) is 1. The summed E-state index contributed by atoms with van der Waals surface area (Å²) in [7, 11) is 1.56. The maximum atomic E-state index is 12.7. The molecule has 124 valence electrons. The number of carbonyl (C=O) groups is 2. The zero-order valence-corrected chi connectivity index (χ0v) is 13.6. The zero-order chi connectivity index (χ0) is 17.1. The van der Waals surface area contributed by atoms with Crippen LogP contribution >= 0.6 is 0 Å². The lowest BCUT2D eigenvalue weighted by Gasteiger charge is -2.19. The van der Waals surface area contributed by atoms with Crippen molar-refractivity contribution >= 4 is 12.0 Å². The van der Waals surface area contributed by atoms with E-state index in [1.54, 1.807) is 13.2 Å². The van der Waals surface area contributed by atoms with Crippen LogP contribution in [0.3, 0.4) is 0 Å². The molecule has 2 amide bonds. The van der Waals surface area contributed by atoms with Gasteiger partial charge in [-0.15, -0.1) is 0 Å². The first-order valence-electron chi connectivity index (χ1n) is 7.81. The molecule has 0 aliphatic carbocycles. The van der Waals surface area contributed by atoms with Crippen LogP contribution in [0.15, 0.2) is 54.6 Å². The van der Waals surface area contributed by atoms with Crippen molar-refractivity contribution in [1.29, 1.82) is 0 Å². The Morgan fingerprint density at radius 3 is 2.50 bits per heavy atom. The second-order valence-electron chi connectivity index (χ2n) is 5.71. The Hall–Kier alpha value is -2.82. The second-order valence-corrected chi connectivity index (χ2v) is 5.71. The van der Waals surface area contributed by atoms with Gasteiger partial charge in [0.1, 0.15) is 11.9 Å². The van der Waals surface area contributed by atoms with Crippen LogP contribution in [0.1, 0.15) is 24.2 Å². The summed E-state index contributed by atoms with van der Waals surface area (Å²) in [5.41, 5.74) is 1.62. The first-order valence-corrected chi connectivity index (χ1v) is 7.81. The molecular weight excluding hydrogens is 306 g/mol. The van der Waals surface area contributed by atoms with Gasteiger partial charge in [0, 0.05) is 5.56 Å². The maximum absolute atomic E-state index is 12.7. The van der Waals surface area contributed by atoms with Gasteiger partial charge in [-0.25, -0.2) is 9.69 Å². The summed E-state index contributed by atoms with van der Waals surface area (Å²) in [6, 6.07) is 16.4. The SMILES string of the molecule is COc1ccccc1CC(=O)N1C(=O)O[C@@H](c2ccccc2)[C@@H]1C. The molecule has 1 heterocycles. The average molecular weight is 325 g/mol. The molecule has 1 aliphatic rings. The van der Waals surface area contributed by atoms with E-state index in [0.717, 1.165) is 11.1 Å². The molecule has 0 N–H and O–H groups in total. The van der Waals surface area contributed by atoms with E-state index in [9.17, 15) is 9.59 Å². The Morgan fingerprint density at radius 2 is 1.79 bits per heavy atom. The van der Waals surface area contributed by atoms with Gasteiger partial charge in [-0.2, -0.15) is 0 Å². The quantitative estimate of drug-likeness (QED) is 0.865. The van der Waals surface area contributed by atoms with Crippen LogP contribution in [0.25, 0.3) is 0 Å². The van der Waals surface area contributed by atoms with Crippen LogP contribution in [0, 0.1) is 0 Å². The highest BCUT2D eigenvalue weighted by Crippen LogP contribution is 2.33. The standard InChI is InChI=1S/C19H19NO4/c1-13-18(14-8-4-3-5-9-14)24-19(22)20(13)17(21)12-15-10-6-7-11-16(15)23-2/h3-11,13,18H,12H2,1-2H3/t13-,18+/m0/s1. The van der Waals surface area contributed by atoms with Crippen LogP contribution in [0.2, 0.25) is 0 Å². The predicted octanol–water partition coefficient (Wildman–Crippen LogP) is 3.35. The van der Waals surface area contributed by atoms with Crippen LogP contribution in [0.4, 0.5) is 4.79 Å². The highest BCUT2D eigenvalue weighted by Gasteiger charge is 2.43. The lowest BCUT2D eigenvalue weighted by molar-refractivity contribution is -0.128. The minimum Gasteiger partial charge on any atom is -0.496 e. The predicted molar refractivity (Wildman–Crippen MR) is 88.7 cm³/mol. The van der Waals surface area contributed by atoms with Crippen LogP contribution in [-0.2, 0) is 16.0 Å². The number of benzene rings is 2. The molecular formula is C19H19NO4. The molecule has 0 saturated carbocycles. The Bertz CT molecular complexity index is 744. The fourth-order valence-corrected chi connectivity index (χ4v) is 2.98. The number of rotatable bonds is 4. The van der Waals surface area contributed by atoms with Crippen molar-refractivity contribution in [3.63, 3.8) is 0 Å². The molecule has 1 aliphatic heterocycles. The summed E-state index contributed by atoms with van der Waals surface area (Å²) in [5, 5.41) is 0. The second kappa shape index (κ2) is 6.74. The summed E-state index contributed by atoms with van der Waals surface area (Å²) in [6.45, 7) is 1.82. The highest BCUT2D eigenvalue weighted by atomic mass is 16.6. The normalized spacial score (nSPS) is 19.9. The molecule has 0 bridgehead atoms. The van der Waals surface area contributed by atoms with Crippen molar-refractivity contribution in [3.8, 4) is 5.75 Å². The molecule has 0 radical (unpaired) electrons. The molecule has 0 unspecified atom stereocenters. The molecule has 24 heavy (non-hydrogen) atoms. The molecule has 0 spiro atoms. The number of cyclic esters (lactones) is 1. The summed E-state index contributed by atoms with van der Waals surface area (Å²) in [6.07, 6.45) is -0.957. The largest absolute Gasteiger partial charge is 0.496 e. The smallest absolute Gasteiger partial charge is 0.417 e. The molecule has 0 aromatic heterocycles. The van der Waals surface area contributed by atoms with Gasteiger partial charge in [0.2, 0.25) is 5.91 Å². The van der Waals surface area contributed by atoms with E-state index in [1.807, 2.05) is 55.5 Å². The number of para-hydroxylation sites is 1. The lowest BCUT2D eigenvalue weighted by Crippen LogP contribution is -2.38. The van der Waals surface area contributed by atoms with Gasteiger partial charge in [0.05, 0.1) is 19.6 Å². The van der Waals surface area contributed by atoms with E-state index in [-0.39, 0.29) is 18.4 Å². The third kappa shape index (κ3) is 2.97. The topological polar surface area (TPSA) is 55.8 Å². The summed E-state index contributed by atoms with van der Waals surface area (Å²) in [4.78, 5) is 26.1. The van der Waals surface area contributed by atoms with Gasteiger partial charge in [0.25, 0.3) is 0 Å². The van der Waals surface area contributed by atoms with Gasteiger partial charge < -0.3 is 9.47 Å². The van der Waals surface area contributed by atoms with E-state index >= 15 is 0 Å². The van der Waals surface area contributed by atoms with Crippen molar-refractivity contribution < 1.29 is 19.1 Å². The van der Waals surface area contributed by atoms with Crippen molar-refractivity contribution in [2.75, 3.05) is 7.11 Å². The molecule has 5 heteroatoms. The summed E-state index contributed by atoms with van der Waals surface area (Å²) in [5.74, 6) is 0.334. The summed E-state index contributed by atoms with van der Waals surface area (Å²) < 4.78 is 10.7. The highest BCUT2D eigenvalue weighted by molar-refractivity contribution is 5.95. The molecule has 5 nitrogen and oxygen atoms in total. The first-order chi connectivity index (χ1) is 11.6. The van der Waals surface area contributed by atoms with E-state index in [2.05, 4.69) is 0 Å². The van der Waals surface area contributed by atoms with Gasteiger partial charge in [-0.05, 0) is 18.6 Å². The molecule has 3 rings (SSSR count). The van der Waals surface area contributed by atoms with Gasteiger partial charge in [-0.1, -0.05) is 48.5 Å². The Morgan fingerprint density at radius 1 is 1.12 bits per heavy atom. The van der Waals surface area contributed by atoms with Crippen LogP contribution in [-0.4, -0.2) is 30.1 Å². The summed E-state index contributed by atoms with van der Waals surface area (Å²) >= 11 is 0. The molecule has 1 saturated heterocycles. The Balaban J connectivity index is 1.79.